The van der Waals surface area contributed by atoms with Crippen molar-refractivity contribution in [2.45, 2.75) is 55.4 Å². The van der Waals surface area contributed by atoms with E-state index in [2.05, 4.69) is 18.9 Å². The van der Waals surface area contributed by atoms with Crippen LogP contribution in [0.25, 0.3) is 0 Å². The van der Waals surface area contributed by atoms with Gasteiger partial charge >= 0.3 is 23.9 Å². The third-order valence-corrected chi connectivity index (χ3v) is 1.39. The molecule has 0 radical (unpaired) electrons. The Balaban J connectivity index is -0.0000000729. The van der Waals surface area contributed by atoms with Crippen molar-refractivity contribution in [1.29, 1.82) is 0 Å². The smallest absolute Gasteiger partial charge is 0.302 e. The van der Waals surface area contributed by atoms with Crippen molar-refractivity contribution in [2.24, 2.45) is 0 Å². The van der Waals surface area contributed by atoms with Gasteiger partial charge in [-0.1, -0.05) is 0 Å². The molecule has 0 aromatic carbocycles. The maximum Gasteiger partial charge on any atom is 0.302 e. The molecule has 0 rings (SSSR count). The molecule has 0 aromatic rings. The summed E-state index contributed by atoms with van der Waals surface area (Å²) in [6.07, 6.45) is 0. The normalized spacial score (nSPS) is 7.31. The van der Waals surface area contributed by atoms with Gasteiger partial charge in [0.2, 0.25) is 0 Å². The van der Waals surface area contributed by atoms with E-state index in [0.717, 1.165) is 7.11 Å². The minimum Gasteiger partial charge on any atom is -0.466 e. The van der Waals surface area contributed by atoms with Crippen molar-refractivity contribution in [3.63, 3.8) is 0 Å². The molecule has 0 amide bonds. The van der Waals surface area contributed by atoms with Crippen LogP contribution < -0.4 is 0 Å². The van der Waals surface area contributed by atoms with Crippen molar-refractivity contribution < 1.29 is 43.2 Å². The summed E-state index contributed by atoms with van der Waals surface area (Å²) in [5.74, 6) is -0.843. The highest BCUT2D eigenvalue weighted by molar-refractivity contribution is 5.66. The molecular formula is C17H36O9. The lowest BCUT2D eigenvalue weighted by Gasteiger charge is -1.89. The summed E-state index contributed by atoms with van der Waals surface area (Å²) in [6, 6.07) is 0. The van der Waals surface area contributed by atoms with E-state index in [1.165, 1.54) is 27.7 Å². The van der Waals surface area contributed by atoms with Gasteiger partial charge < -0.3 is 24.1 Å². The molecule has 26 heavy (non-hydrogen) atoms. The van der Waals surface area contributed by atoms with Crippen LogP contribution >= 0.6 is 0 Å². The van der Waals surface area contributed by atoms with Crippen LogP contribution in [-0.2, 0) is 38.1 Å². The maximum absolute atomic E-state index is 9.82. The third-order valence-electron chi connectivity index (χ3n) is 1.39. The van der Waals surface area contributed by atoms with E-state index < -0.39 is 0 Å². The molecule has 0 aliphatic carbocycles. The quantitative estimate of drug-likeness (QED) is 0.571. The number of esters is 4. The van der Waals surface area contributed by atoms with Crippen LogP contribution in [-0.4, -0.2) is 62.5 Å². The van der Waals surface area contributed by atoms with Gasteiger partial charge in [-0.2, -0.15) is 0 Å². The molecule has 1 N–H and O–H groups in total. The molecule has 0 unspecified atom stereocenters. The predicted molar refractivity (Wildman–Crippen MR) is 97.4 cm³/mol. The van der Waals surface area contributed by atoms with Gasteiger partial charge in [-0.25, -0.2) is 0 Å². The summed E-state index contributed by atoms with van der Waals surface area (Å²) in [5, 5.41) is 7.00. The van der Waals surface area contributed by atoms with Gasteiger partial charge in [0.1, 0.15) is 0 Å². The van der Waals surface area contributed by atoms with Gasteiger partial charge in [0, 0.05) is 34.8 Å². The number of carbonyl (C=O) groups excluding carboxylic acids is 4. The first-order valence-corrected chi connectivity index (χ1v) is 8.06. The Labute approximate surface area is 156 Å². The lowest BCUT2D eigenvalue weighted by molar-refractivity contribution is -0.141. The van der Waals surface area contributed by atoms with Gasteiger partial charge in [0.25, 0.3) is 0 Å². The van der Waals surface area contributed by atoms with Crippen molar-refractivity contribution in [1.82, 2.24) is 0 Å². The summed E-state index contributed by atoms with van der Waals surface area (Å²) in [4.78, 5) is 39.3. The standard InChI is InChI=1S/4C4H8O2.CH4O/c4*1-3-6-4(2)5;1-2/h4*3H2,1-2H3;2H,1H3. The summed E-state index contributed by atoms with van der Waals surface area (Å²) >= 11 is 0. The van der Waals surface area contributed by atoms with Gasteiger partial charge in [0.05, 0.1) is 26.4 Å². The van der Waals surface area contributed by atoms with E-state index in [9.17, 15) is 19.2 Å². The molecule has 0 heterocycles. The molecule has 0 fully saturated rings. The zero-order chi connectivity index (χ0) is 22.0. The van der Waals surface area contributed by atoms with Crippen LogP contribution in [0.1, 0.15) is 55.4 Å². The Bertz CT molecular complexity index is 264. The lowest BCUT2D eigenvalue weighted by Crippen LogP contribution is -1.95. The van der Waals surface area contributed by atoms with Crippen LogP contribution in [0.5, 0.6) is 0 Å². The molecule has 0 aliphatic rings. The first kappa shape index (κ1) is 35.0. The first-order valence-electron chi connectivity index (χ1n) is 8.06. The van der Waals surface area contributed by atoms with Crippen molar-refractivity contribution in [3.05, 3.63) is 0 Å². The SMILES string of the molecule is CCOC(C)=O.CCOC(C)=O.CCOC(C)=O.CCOC(C)=O.CO. The minimum atomic E-state index is -0.211. The highest BCUT2D eigenvalue weighted by atomic mass is 16.5. The highest BCUT2D eigenvalue weighted by Crippen LogP contribution is 1.71. The van der Waals surface area contributed by atoms with Crippen LogP contribution in [0.15, 0.2) is 0 Å². The molecule has 0 aromatic heterocycles. The monoisotopic (exact) mass is 384 g/mol. The molecule has 0 aliphatic heterocycles. The van der Waals surface area contributed by atoms with Crippen molar-refractivity contribution >= 4 is 23.9 Å². The van der Waals surface area contributed by atoms with Gasteiger partial charge in [0.15, 0.2) is 0 Å². The Hall–Kier alpha value is -2.16. The van der Waals surface area contributed by atoms with Crippen LogP contribution in [0.4, 0.5) is 0 Å². The molecule has 0 spiro atoms. The fourth-order valence-corrected chi connectivity index (χ4v) is 0.813. The number of carbonyl (C=O) groups is 4. The largest absolute Gasteiger partial charge is 0.466 e. The second-order valence-electron chi connectivity index (χ2n) is 3.70. The topological polar surface area (TPSA) is 125 Å². The summed E-state index contributed by atoms with van der Waals surface area (Å²) < 4.78 is 17.6. The van der Waals surface area contributed by atoms with E-state index in [4.69, 9.17) is 5.11 Å². The number of aliphatic hydroxyl groups is 1. The molecule has 9 heteroatoms. The number of hydrogen-bond acceptors (Lipinski definition) is 9. The number of rotatable bonds is 4. The fourth-order valence-electron chi connectivity index (χ4n) is 0.813. The first-order chi connectivity index (χ1) is 12.1. The molecule has 0 saturated heterocycles. The molecule has 0 atom stereocenters. The van der Waals surface area contributed by atoms with E-state index >= 15 is 0 Å². The van der Waals surface area contributed by atoms with Gasteiger partial charge in [-0.3, -0.25) is 19.2 Å². The Morgan fingerprint density at radius 3 is 0.615 bits per heavy atom. The molecule has 0 saturated carbocycles. The summed E-state index contributed by atoms with van der Waals surface area (Å²) in [5.41, 5.74) is 0. The Morgan fingerprint density at radius 1 is 0.500 bits per heavy atom. The molecule has 158 valence electrons. The number of ether oxygens (including phenoxy) is 4. The number of hydrogen-bond donors (Lipinski definition) is 1. The third kappa shape index (κ3) is 98.0. The average Bonchev–Trinajstić information content (AvgIpc) is 2.50. The van der Waals surface area contributed by atoms with E-state index in [0.29, 0.717) is 26.4 Å². The average molecular weight is 384 g/mol. The minimum absolute atomic E-state index is 0.211. The molecular weight excluding hydrogens is 348 g/mol. The van der Waals surface area contributed by atoms with Gasteiger partial charge in [-0.05, 0) is 27.7 Å². The second-order valence-corrected chi connectivity index (χ2v) is 3.70. The van der Waals surface area contributed by atoms with Crippen LogP contribution in [0.2, 0.25) is 0 Å². The fraction of sp³-hybridized carbons (Fsp3) is 0.765. The van der Waals surface area contributed by atoms with Crippen LogP contribution in [0, 0.1) is 0 Å². The van der Waals surface area contributed by atoms with Crippen molar-refractivity contribution in [3.8, 4) is 0 Å². The van der Waals surface area contributed by atoms with Crippen LogP contribution in [0.3, 0.4) is 0 Å². The predicted octanol–water partition coefficient (Wildman–Crippen LogP) is 1.89. The zero-order valence-electron chi connectivity index (χ0n) is 17.5. The highest BCUT2D eigenvalue weighted by Gasteiger charge is 1.83. The number of aliphatic hydroxyl groups excluding tert-OH is 1. The van der Waals surface area contributed by atoms with Gasteiger partial charge in [-0.15, -0.1) is 0 Å². The zero-order valence-corrected chi connectivity index (χ0v) is 17.5. The van der Waals surface area contributed by atoms with E-state index in [1.807, 2.05) is 0 Å². The second kappa shape index (κ2) is 34.2. The molecule has 9 nitrogen and oxygen atoms in total. The van der Waals surface area contributed by atoms with E-state index in [-0.39, 0.29) is 23.9 Å². The maximum atomic E-state index is 9.82. The van der Waals surface area contributed by atoms with E-state index in [1.54, 1.807) is 27.7 Å². The Kier molecular flexibility index (Phi) is 46.1. The molecule has 0 bridgehead atoms. The lowest BCUT2D eigenvalue weighted by atomic mass is 10.8. The summed E-state index contributed by atoms with van der Waals surface area (Å²) in [7, 11) is 1.00. The Morgan fingerprint density at radius 2 is 0.615 bits per heavy atom. The van der Waals surface area contributed by atoms with Crippen molar-refractivity contribution in [2.75, 3.05) is 33.5 Å². The summed E-state index contributed by atoms with van der Waals surface area (Å²) in [6.45, 7) is 14.6.